The number of carbonyl (C=O) groups excluding carboxylic acids is 1. The van der Waals surface area contributed by atoms with E-state index in [0.717, 1.165) is 24.8 Å². The van der Waals surface area contributed by atoms with Crippen molar-refractivity contribution in [2.75, 3.05) is 6.79 Å². The van der Waals surface area contributed by atoms with Crippen LogP contribution in [0.1, 0.15) is 24.8 Å². The Labute approximate surface area is 133 Å². The first-order valence-corrected chi connectivity index (χ1v) is 8.02. The number of hydrogen-bond acceptors (Lipinski definition) is 4. The second kappa shape index (κ2) is 5.44. The van der Waals surface area contributed by atoms with Crippen molar-refractivity contribution < 1.29 is 24.2 Å². The minimum atomic E-state index is -0.833. The van der Waals surface area contributed by atoms with Crippen LogP contribution in [-0.2, 0) is 16.1 Å². The molecule has 0 aromatic heterocycles. The zero-order valence-corrected chi connectivity index (χ0v) is 12.7. The molecule has 1 aromatic rings. The summed E-state index contributed by atoms with van der Waals surface area (Å²) in [7, 11) is 0. The molecule has 2 saturated carbocycles. The molecular weight excluding hydrogens is 298 g/mol. The fraction of sp³-hybridized carbons (Fsp3) is 0.529. The maximum atomic E-state index is 12.5. The van der Waals surface area contributed by atoms with Crippen LogP contribution in [0.4, 0.5) is 0 Å². The van der Waals surface area contributed by atoms with Crippen LogP contribution in [0.5, 0.6) is 11.5 Å². The quantitative estimate of drug-likeness (QED) is 0.884. The minimum absolute atomic E-state index is 0.137. The molecule has 0 spiro atoms. The maximum Gasteiger partial charge on any atom is 0.307 e. The topological polar surface area (TPSA) is 84.9 Å². The van der Waals surface area contributed by atoms with Gasteiger partial charge < -0.3 is 19.9 Å². The van der Waals surface area contributed by atoms with Crippen molar-refractivity contribution in [1.29, 1.82) is 0 Å². The van der Waals surface area contributed by atoms with Crippen LogP contribution in [0.15, 0.2) is 18.2 Å². The van der Waals surface area contributed by atoms with Gasteiger partial charge in [0.2, 0.25) is 12.7 Å². The Morgan fingerprint density at radius 1 is 1.13 bits per heavy atom. The Morgan fingerprint density at radius 2 is 1.87 bits per heavy atom. The molecule has 6 nitrogen and oxygen atoms in total. The summed E-state index contributed by atoms with van der Waals surface area (Å²) in [4.78, 5) is 24.0. The molecule has 1 amide bonds. The Morgan fingerprint density at radius 3 is 2.65 bits per heavy atom. The average Bonchev–Trinajstić information content (AvgIpc) is 3.25. The van der Waals surface area contributed by atoms with Crippen LogP contribution in [0.25, 0.3) is 0 Å². The fourth-order valence-electron chi connectivity index (χ4n) is 4.38. The number of hydrogen-bond donors (Lipinski definition) is 2. The summed E-state index contributed by atoms with van der Waals surface area (Å²) in [6, 6.07) is 5.54. The van der Waals surface area contributed by atoms with Crippen LogP contribution < -0.4 is 14.8 Å². The van der Waals surface area contributed by atoms with E-state index < -0.39 is 11.9 Å². The number of ether oxygens (including phenoxy) is 2. The summed E-state index contributed by atoms with van der Waals surface area (Å²) in [5.74, 6) is -0.107. The average molecular weight is 317 g/mol. The van der Waals surface area contributed by atoms with Crippen LogP contribution in [0.2, 0.25) is 0 Å². The van der Waals surface area contributed by atoms with E-state index in [9.17, 15) is 14.7 Å². The fourth-order valence-corrected chi connectivity index (χ4v) is 4.38. The molecule has 23 heavy (non-hydrogen) atoms. The van der Waals surface area contributed by atoms with E-state index in [4.69, 9.17) is 9.47 Å². The highest BCUT2D eigenvalue weighted by atomic mass is 16.7. The van der Waals surface area contributed by atoms with Gasteiger partial charge in [-0.25, -0.2) is 0 Å². The summed E-state index contributed by atoms with van der Waals surface area (Å²) in [6.07, 6.45) is 2.78. The van der Waals surface area contributed by atoms with E-state index in [1.165, 1.54) is 0 Å². The van der Waals surface area contributed by atoms with Crippen LogP contribution in [0, 0.1) is 23.7 Å². The normalized spacial score (nSPS) is 30.4. The predicted molar refractivity (Wildman–Crippen MR) is 79.9 cm³/mol. The number of amides is 1. The second-order valence-electron chi connectivity index (χ2n) is 6.63. The minimum Gasteiger partial charge on any atom is -0.481 e. The molecule has 0 unspecified atom stereocenters. The molecule has 1 aromatic carbocycles. The zero-order chi connectivity index (χ0) is 16.0. The van der Waals surface area contributed by atoms with Crippen molar-refractivity contribution in [3.63, 3.8) is 0 Å². The molecule has 122 valence electrons. The van der Waals surface area contributed by atoms with Crippen LogP contribution in [-0.4, -0.2) is 23.8 Å². The lowest BCUT2D eigenvalue weighted by Gasteiger charge is -2.27. The first-order chi connectivity index (χ1) is 11.1. The van der Waals surface area contributed by atoms with E-state index >= 15 is 0 Å². The number of carboxylic acid groups (broad SMARTS) is 1. The van der Waals surface area contributed by atoms with Gasteiger partial charge in [0.25, 0.3) is 0 Å². The third-order valence-electron chi connectivity index (χ3n) is 5.41. The third kappa shape index (κ3) is 2.42. The number of rotatable bonds is 4. The Balaban J connectivity index is 1.43. The smallest absolute Gasteiger partial charge is 0.307 e. The van der Waals surface area contributed by atoms with Crippen molar-refractivity contribution >= 4 is 11.9 Å². The number of carbonyl (C=O) groups is 2. The van der Waals surface area contributed by atoms with Crippen LogP contribution in [0.3, 0.4) is 0 Å². The molecule has 0 radical (unpaired) electrons. The predicted octanol–water partition coefficient (Wildman–Crippen LogP) is 1.78. The molecule has 1 heterocycles. The second-order valence-corrected chi connectivity index (χ2v) is 6.63. The van der Waals surface area contributed by atoms with E-state index in [-0.39, 0.29) is 30.5 Å². The molecule has 2 aliphatic carbocycles. The van der Waals surface area contributed by atoms with Crippen molar-refractivity contribution in [3.05, 3.63) is 23.8 Å². The molecule has 3 aliphatic rings. The SMILES string of the molecule is O=C(NCc1ccc2c(c1)OCO2)[C@@H]1[C@@H]2CC[C@@H](C2)[C@@H]1C(=O)O. The summed E-state index contributed by atoms with van der Waals surface area (Å²) in [5, 5.41) is 12.3. The van der Waals surface area contributed by atoms with Gasteiger partial charge in [-0.05, 0) is 48.8 Å². The Bertz CT molecular complexity index is 658. The lowest BCUT2D eigenvalue weighted by molar-refractivity contribution is -0.149. The molecule has 2 N–H and O–H groups in total. The maximum absolute atomic E-state index is 12.5. The van der Waals surface area contributed by atoms with Gasteiger partial charge in [0.15, 0.2) is 11.5 Å². The van der Waals surface area contributed by atoms with E-state index in [0.29, 0.717) is 18.0 Å². The van der Waals surface area contributed by atoms with Gasteiger partial charge in [-0.2, -0.15) is 0 Å². The van der Waals surface area contributed by atoms with E-state index in [1.54, 1.807) is 0 Å². The molecule has 4 atom stereocenters. The highest BCUT2D eigenvalue weighted by Crippen LogP contribution is 2.52. The van der Waals surface area contributed by atoms with Gasteiger partial charge in [0, 0.05) is 6.54 Å². The first kappa shape index (κ1) is 14.4. The summed E-state index contributed by atoms with van der Waals surface area (Å²) < 4.78 is 10.6. The molecule has 6 heteroatoms. The summed E-state index contributed by atoms with van der Waals surface area (Å²) in [5.41, 5.74) is 0.914. The van der Waals surface area contributed by atoms with Gasteiger partial charge >= 0.3 is 5.97 Å². The van der Waals surface area contributed by atoms with Gasteiger partial charge in [-0.1, -0.05) is 6.07 Å². The highest BCUT2D eigenvalue weighted by Gasteiger charge is 2.53. The van der Waals surface area contributed by atoms with Gasteiger partial charge in [-0.3, -0.25) is 9.59 Å². The van der Waals surface area contributed by atoms with E-state index in [2.05, 4.69) is 5.32 Å². The Hall–Kier alpha value is -2.24. The summed E-state index contributed by atoms with van der Waals surface area (Å²) >= 11 is 0. The van der Waals surface area contributed by atoms with Crippen molar-refractivity contribution in [2.45, 2.75) is 25.8 Å². The van der Waals surface area contributed by atoms with Crippen LogP contribution >= 0.6 is 0 Å². The van der Waals surface area contributed by atoms with Gasteiger partial charge in [0.05, 0.1) is 11.8 Å². The largest absolute Gasteiger partial charge is 0.481 e. The Kier molecular flexibility index (Phi) is 3.39. The molecular formula is C17H19NO5. The number of aliphatic carboxylic acids is 1. The zero-order valence-electron chi connectivity index (χ0n) is 12.7. The number of benzene rings is 1. The summed E-state index contributed by atoms with van der Waals surface area (Å²) in [6.45, 7) is 0.590. The lowest BCUT2D eigenvalue weighted by Crippen LogP contribution is -2.41. The molecule has 1 aliphatic heterocycles. The van der Waals surface area contributed by atoms with Crippen molar-refractivity contribution in [3.8, 4) is 11.5 Å². The van der Waals surface area contributed by atoms with Gasteiger partial charge in [0.1, 0.15) is 0 Å². The standard InChI is InChI=1S/C17H19NO5/c19-16(14-10-2-3-11(6-10)15(14)17(20)21)18-7-9-1-4-12-13(5-9)23-8-22-12/h1,4-5,10-11,14-15H,2-3,6-8H2,(H,18,19)(H,20,21)/t10-,11+,14-,15+/m1/s1. The van der Waals surface area contributed by atoms with E-state index in [1.807, 2.05) is 18.2 Å². The highest BCUT2D eigenvalue weighted by molar-refractivity contribution is 5.86. The lowest BCUT2D eigenvalue weighted by atomic mass is 9.78. The molecule has 2 fully saturated rings. The third-order valence-corrected chi connectivity index (χ3v) is 5.41. The van der Waals surface area contributed by atoms with Crippen molar-refractivity contribution in [1.82, 2.24) is 5.32 Å². The number of carboxylic acids is 1. The number of nitrogens with one attached hydrogen (secondary N) is 1. The molecule has 0 saturated heterocycles. The molecule has 2 bridgehead atoms. The van der Waals surface area contributed by atoms with Gasteiger partial charge in [-0.15, -0.1) is 0 Å². The monoisotopic (exact) mass is 317 g/mol. The first-order valence-electron chi connectivity index (χ1n) is 8.02. The van der Waals surface area contributed by atoms with Crippen molar-refractivity contribution in [2.24, 2.45) is 23.7 Å². The molecule has 4 rings (SSSR count). The number of fused-ring (bicyclic) bond motifs is 3.